The van der Waals surface area contributed by atoms with E-state index in [0.29, 0.717) is 5.69 Å². The predicted molar refractivity (Wildman–Crippen MR) is 58.8 cm³/mol. The first-order valence-corrected chi connectivity index (χ1v) is 4.80. The third-order valence-electron chi connectivity index (χ3n) is 2.30. The van der Waals surface area contributed by atoms with E-state index in [-0.39, 0.29) is 5.78 Å². The van der Waals surface area contributed by atoms with Crippen molar-refractivity contribution in [2.75, 3.05) is 0 Å². The first kappa shape index (κ1) is 9.65. The predicted octanol–water partition coefficient (Wildman–Crippen LogP) is 2.59. The summed E-state index contributed by atoms with van der Waals surface area (Å²) in [5, 5.41) is 6.81. The maximum absolute atomic E-state index is 11.1. The maximum Gasteiger partial charge on any atom is 0.177 e. The van der Waals surface area contributed by atoms with Gasteiger partial charge in [-0.2, -0.15) is 5.10 Å². The van der Waals surface area contributed by atoms with Gasteiger partial charge in [0.05, 0.1) is 5.69 Å². The molecular formula is C12H12N2O. The Bertz CT molecular complexity index is 483. The first-order chi connectivity index (χ1) is 7.16. The molecule has 0 aliphatic heterocycles. The van der Waals surface area contributed by atoms with Gasteiger partial charge in [0.15, 0.2) is 5.78 Å². The van der Waals surface area contributed by atoms with Crippen molar-refractivity contribution in [3.05, 3.63) is 41.6 Å². The van der Waals surface area contributed by atoms with Crippen LogP contribution in [0.5, 0.6) is 0 Å². The second kappa shape index (κ2) is 3.69. The standard InChI is InChI=1S/C12H12N2O/c1-8-3-5-10(6-4-8)12-7-11(9(2)15)13-14-12/h3-7H,1-2H3,(H,13,14). The molecule has 0 saturated heterocycles. The molecule has 0 radical (unpaired) electrons. The van der Waals surface area contributed by atoms with Gasteiger partial charge in [-0.15, -0.1) is 0 Å². The molecular weight excluding hydrogens is 188 g/mol. The second-order valence-electron chi connectivity index (χ2n) is 3.59. The van der Waals surface area contributed by atoms with Crippen LogP contribution in [0.2, 0.25) is 0 Å². The Morgan fingerprint density at radius 3 is 2.47 bits per heavy atom. The number of H-pyrrole nitrogens is 1. The van der Waals surface area contributed by atoms with Crippen molar-refractivity contribution in [2.45, 2.75) is 13.8 Å². The number of aromatic nitrogens is 2. The number of carbonyl (C=O) groups is 1. The highest BCUT2D eigenvalue weighted by Crippen LogP contribution is 2.18. The van der Waals surface area contributed by atoms with Crippen LogP contribution in [0.1, 0.15) is 23.0 Å². The Hall–Kier alpha value is -1.90. The van der Waals surface area contributed by atoms with Gasteiger partial charge in [0.2, 0.25) is 0 Å². The lowest BCUT2D eigenvalue weighted by Gasteiger charge is -1.95. The molecule has 0 fully saturated rings. The Morgan fingerprint density at radius 2 is 1.93 bits per heavy atom. The molecule has 0 spiro atoms. The Labute approximate surface area is 88.1 Å². The van der Waals surface area contributed by atoms with Gasteiger partial charge in [0.25, 0.3) is 0 Å². The lowest BCUT2D eigenvalue weighted by molar-refractivity contribution is 0.101. The number of nitrogens with one attached hydrogen (secondary N) is 1. The van der Waals surface area contributed by atoms with E-state index in [2.05, 4.69) is 10.2 Å². The number of aryl methyl sites for hydroxylation is 1. The number of hydrogen-bond acceptors (Lipinski definition) is 2. The van der Waals surface area contributed by atoms with Crippen LogP contribution < -0.4 is 0 Å². The zero-order valence-corrected chi connectivity index (χ0v) is 8.74. The molecule has 2 aromatic rings. The number of nitrogens with zero attached hydrogens (tertiary/aromatic N) is 1. The Kier molecular flexibility index (Phi) is 2.37. The molecule has 1 aromatic carbocycles. The summed E-state index contributed by atoms with van der Waals surface area (Å²) in [4.78, 5) is 11.1. The van der Waals surface area contributed by atoms with Crippen LogP contribution in [0, 0.1) is 6.92 Å². The van der Waals surface area contributed by atoms with Gasteiger partial charge in [-0.25, -0.2) is 0 Å². The summed E-state index contributed by atoms with van der Waals surface area (Å²) in [6, 6.07) is 9.81. The summed E-state index contributed by atoms with van der Waals surface area (Å²) in [6.07, 6.45) is 0. The highest BCUT2D eigenvalue weighted by molar-refractivity contribution is 5.93. The van der Waals surface area contributed by atoms with E-state index in [1.54, 1.807) is 6.07 Å². The fourth-order valence-corrected chi connectivity index (χ4v) is 1.37. The Morgan fingerprint density at radius 1 is 1.27 bits per heavy atom. The number of aromatic amines is 1. The highest BCUT2D eigenvalue weighted by Gasteiger charge is 2.06. The van der Waals surface area contributed by atoms with Crippen LogP contribution in [-0.2, 0) is 0 Å². The van der Waals surface area contributed by atoms with Gasteiger partial charge in [-0.3, -0.25) is 9.89 Å². The average Bonchev–Trinajstić information content (AvgIpc) is 2.68. The van der Waals surface area contributed by atoms with Crippen molar-refractivity contribution < 1.29 is 4.79 Å². The summed E-state index contributed by atoms with van der Waals surface area (Å²) in [6.45, 7) is 3.56. The average molecular weight is 200 g/mol. The minimum absolute atomic E-state index is 0.000798. The zero-order chi connectivity index (χ0) is 10.8. The van der Waals surface area contributed by atoms with Gasteiger partial charge in [-0.1, -0.05) is 29.8 Å². The molecule has 2 rings (SSSR count). The molecule has 15 heavy (non-hydrogen) atoms. The van der Waals surface area contributed by atoms with Gasteiger partial charge >= 0.3 is 0 Å². The number of benzene rings is 1. The van der Waals surface area contributed by atoms with E-state index in [0.717, 1.165) is 11.3 Å². The molecule has 0 bridgehead atoms. The lowest BCUT2D eigenvalue weighted by Crippen LogP contribution is -1.90. The van der Waals surface area contributed by atoms with Crippen molar-refractivity contribution in [1.29, 1.82) is 0 Å². The second-order valence-corrected chi connectivity index (χ2v) is 3.59. The molecule has 0 atom stereocenters. The zero-order valence-electron chi connectivity index (χ0n) is 8.74. The topological polar surface area (TPSA) is 45.8 Å². The molecule has 0 aliphatic carbocycles. The quantitative estimate of drug-likeness (QED) is 0.757. The number of hydrogen-bond donors (Lipinski definition) is 1. The largest absolute Gasteiger partial charge is 0.293 e. The van der Waals surface area contributed by atoms with Gasteiger partial charge < -0.3 is 0 Å². The van der Waals surface area contributed by atoms with Crippen LogP contribution >= 0.6 is 0 Å². The molecule has 3 nitrogen and oxygen atoms in total. The third kappa shape index (κ3) is 1.96. The molecule has 1 N–H and O–H groups in total. The summed E-state index contributed by atoms with van der Waals surface area (Å²) in [5.74, 6) is 0.000798. The minimum atomic E-state index is 0.000798. The van der Waals surface area contributed by atoms with Crippen LogP contribution in [0.15, 0.2) is 30.3 Å². The van der Waals surface area contributed by atoms with E-state index >= 15 is 0 Å². The fourth-order valence-electron chi connectivity index (χ4n) is 1.37. The van der Waals surface area contributed by atoms with Crippen LogP contribution in [-0.4, -0.2) is 16.0 Å². The van der Waals surface area contributed by atoms with Crippen molar-refractivity contribution in [3.63, 3.8) is 0 Å². The van der Waals surface area contributed by atoms with E-state index in [1.165, 1.54) is 12.5 Å². The lowest BCUT2D eigenvalue weighted by atomic mass is 10.1. The third-order valence-corrected chi connectivity index (χ3v) is 2.30. The number of ketones is 1. The van der Waals surface area contributed by atoms with Crippen LogP contribution in [0.3, 0.4) is 0 Å². The van der Waals surface area contributed by atoms with E-state index in [9.17, 15) is 4.79 Å². The van der Waals surface area contributed by atoms with E-state index in [4.69, 9.17) is 0 Å². The summed E-state index contributed by atoms with van der Waals surface area (Å²) in [5.41, 5.74) is 3.58. The van der Waals surface area contributed by atoms with Crippen molar-refractivity contribution >= 4 is 5.78 Å². The van der Waals surface area contributed by atoms with Gasteiger partial charge in [0, 0.05) is 12.5 Å². The Balaban J connectivity index is 2.37. The molecule has 0 amide bonds. The molecule has 76 valence electrons. The highest BCUT2D eigenvalue weighted by atomic mass is 16.1. The SMILES string of the molecule is CC(=O)c1cc(-c2ccc(C)cc2)n[nH]1. The van der Waals surface area contributed by atoms with Gasteiger partial charge in [0.1, 0.15) is 5.69 Å². The number of Topliss-reactive ketones (excluding diaryl/α,β-unsaturated/α-hetero) is 1. The van der Waals surface area contributed by atoms with Crippen molar-refractivity contribution in [2.24, 2.45) is 0 Å². The molecule has 3 heteroatoms. The maximum atomic E-state index is 11.1. The smallest absolute Gasteiger partial charge is 0.177 e. The van der Waals surface area contributed by atoms with E-state index in [1.807, 2.05) is 31.2 Å². The summed E-state index contributed by atoms with van der Waals surface area (Å²) in [7, 11) is 0. The summed E-state index contributed by atoms with van der Waals surface area (Å²) < 4.78 is 0. The monoisotopic (exact) mass is 200 g/mol. The van der Waals surface area contributed by atoms with Crippen molar-refractivity contribution in [3.8, 4) is 11.3 Å². The molecule has 1 aromatic heterocycles. The van der Waals surface area contributed by atoms with Crippen LogP contribution in [0.4, 0.5) is 0 Å². The molecule has 0 aliphatic rings. The van der Waals surface area contributed by atoms with Crippen LogP contribution in [0.25, 0.3) is 11.3 Å². The van der Waals surface area contributed by atoms with Gasteiger partial charge in [-0.05, 0) is 13.0 Å². The normalized spacial score (nSPS) is 10.3. The molecule has 1 heterocycles. The number of rotatable bonds is 2. The van der Waals surface area contributed by atoms with Crippen molar-refractivity contribution in [1.82, 2.24) is 10.2 Å². The first-order valence-electron chi connectivity index (χ1n) is 4.80. The number of carbonyl (C=O) groups excluding carboxylic acids is 1. The minimum Gasteiger partial charge on any atom is -0.293 e. The summed E-state index contributed by atoms with van der Waals surface area (Å²) >= 11 is 0. The van der Waals surface area contributed by atoms with E-state index < -0.39 is 0 Å². The molecule has 0 saturated carbocycles. The molecule has 0 unspecified atom stereocenters. The fraction of sp³-hybridized carbons (Fsp3) is 0.167.